The Morgan fingerprint density at radius 2 is 2.04 bits per heavy atom. The third-order valence-electron chi connectivity index (χ3n) is 3.40. The van der Waals surface area contributed by atoms with E-state index in [9.17, 15) is 13.2 Å². The first-order valence-electron chi connectivity index (χ1n) is 7.47. The zero-order valence-corrected chi connectivity index (χ0v) is 13.6. The molecule has 10 heteroatoms. The van der Waals surface area contributed by atoms with Gasteiger partial charge in [-0.25, -0.2) is 24.0 Å². The lowest BCUT2D eigenvalue weighted by Gasteiger charge is -2.11. The first-order valence-corrected chi connectivity index (χ1v) is 7.47. The topological polar surface area (TPSA) is 75.0 Å². The van der Waals surface area contributed by atoms with Crippen LogP contribution in [0, 0.1) is 0 Å². The molecule has 3 aromatic heterocycles. The SMILES string of the molecule is COc1ncc(Cn2cnc(CF)n2)cc1-c1ccnc(OC(F)F)c1. The van der Waals surface area contributed by atoms with E-state index in [1.165, 1.54) is 30.4 Å². The standard InChI is InChI=1S/C16H14F3N5O2/c1-25-15-12(11-2-3-20-14(5-11)26-16(18)19)4-10(7-21-15)8-24-9-22-13(6-17)23-24/h2-5,7,9,16H,6,8H2,1H3. The molecule has 0 aliphatic carbocycles. The summed E-state index contributed by atoms with van der Waals surface area (Å²) in [7, 11) is 1.45. The smallest absolute Gasteiger partial charge is 0.388 e. The molecule has 3 rings (SSSR count). The third-order valence-corrected chi connectivity index (χ3v) is 3.40. The number of methoxy groups -OCH3 is 1. The van der Waals surface area contributed by atoms with Crippen LogP contribution < -0.4 is 9.47 Å². The lowest BCUT2D eigenvalue weighted by Crippen LogP contribution is -2.04. The Balaban J connectivity index is 1.92. The number of pyridine rings is 2. The molecule has 0 bridgehead atoms. The highest BCUT2D eigenvalue weighted by Gasteiger charge is 2.13. The van der Waals surface area contributed by atoms with Gasteiger partial charge in [-0.15, -0.1) is 0 Å². The Bertz CT molecular complexity index is 888. The van der Waals surface area contributed by atoms with Gasteiger partial charge in [0.25, 0.3) is 0 Å². The largest absolute Gasteiger partial charge is 0.481 e. The molecule has 0 fully saturated rings. The molecule has 136 valence electrons. The van der Waals surface area contributed by atoms with Crippen LogP contribution in [0.5, 0.6) is 11.8 Å². The molecule has 0 spiro atoms. The maximum absolute atomic E-state index is 12.6. The normalized spacial score (nSPS) is 11.0. The van der Waals surface area contributed by atoms with Crippen molar-refractivity contribution in [2.45, 2.75) is 19.8 Å². The summed E-state index contributed by atoms with van der Waals surface area (Å²) in [6.07, 6.45) is 4.35. The number of rotatable bonds is 7. The van der Waals surface area contributed by atoms with Gasteiger partial charge in [-0.3, -0.25) is 0 Å². The van der Waals surface area contributed by atoms with E-state index < -0.39 is 13.3 Å². The molecule has 0 aliphatic rings. The zero-order chi connectivity index (χ0) is 18.5. The number of hydrogen-bond acceptors (Lipinski definition) is 6. The summed E-state index contributed by atoms with van der Waals surface area (Å²) in [4.78, 5) is 11.8. The summed E-state index contributed by atoms with van der Waals surface area (Å²) in [5, 5.41) is 3.97. The number of alkyl halides is 3. The van der Waals surface area contributed by atoms with E-state index >= 15 is 0 Å². The minimum absolute atomic E-state index is 0.0922. The maximum Gasteiger partial charge on any atom is 0.388 e. The third kappa shape index (κ3) is 4.08. The number of nitrogens with zero attached hydrogens (tertiary/aromatic N) is 5. The first kappa shape index (κ1) is 17.6. The maximum atomic E-state index is 12.6. The van der Waals surface area contributed by atoms with Gasteiger partial charge < -0.3 is 9.47 Å². The van der Waals surface area contributed by atoms with Crippen LogP contribution in [0.4, 0.5) is 13.2 Å². The van der Waals surface area contributed by atoms with Crippen LogP contribution >= 0.6 is 0 Å². The summed E-state index contributed by atoms with van der Waals surface area (Å²) < 4.78 is 48.4. The molecule has 0 atom stereocenters. The van der Waals surface area contributed by atoms with Crippen molar-refractivity contribution in [3.05, 3.63) is 48.3 Å². The summed E-state index contributed by atoms with van der Waals surface area (Å²) in [5.74, 6) is 0.189. The highest BCUT2D eigenvalue weighted by atomic mass is 19.3. The molecule has 7 nitrogen and oxygen atoms in total. The van der Waals surface area contributed by atoms with E-state index in [4.69, 9.17) is 4.74 Å². The summed E-state index contributed by atoms with van der Waals surface area (Å²) in [6, 6.07) is 4.76. The van der Waals surface area contributed by atoms with Crippen LogP contribution in [-0.4, -0.2) is 38.5 Å². The van der Waals surface area contributed by atoms with Crippen LogP contribution in [0.15, 0.2) is 36.9 Å². The fourth-order valence-corrected chi connectivity index (χ4v) is 2.34. The van der Waals surface area contributed by atoms with Crippen molar-refractivity contribution >= 4 is 0 Å². The summed E-state index contributed by atoms with van der Waals surface area (Å²) >= 11 is 0. The average Bonchev–Trinajstić information content (AvgIpc) is 3.09. The van der Waals surface area contributed by atoms with Crippen LogP contribution in [0.1, 0.15) is 11.4 Å². The van der Waals surface area contributed by atoms with Crippen molar-refractivity contribution in [3.63, 3.8) is 0 Å². The van der Waals surface area contributed by atoms with Crippen LogP contribution in [0.2, 0.25) is 0 Å². The molecule has 0 N–H and O–H groups in total. The van der Waals surface area contributed by atoms with Gasteiger partial charge in [-0.1, -0.05) is 0 Å². The lowest BCUT2D eigenvalue weighted by atomic mass is 10.1. The lowest BCUT2D eigenvalue weighted by molar-refractivity contribution is -0.0528. The minimum Gasteiger partial charge on any atom is -0.481 e. The van der Waals surface area contributed by atoms with E-state index in [0.717, 1.165) is 5.56 Å². The molecule has 0 saturated heterocycles. The van der Waals surface area contributed by atoms with Crippen molar-refractivity contribution in [2.24, 2.45) is 0 Å². The molecule has 0 saturated carbocycles. The summed E-state index contributed by atoms with van der Waals surface area (Å²) in [6.45, 7) is -3.41. The Labute approximate surface area is 146 Å². The second kappa shape index (κ2) is 7.81. The number of halogens is 3. The van der Waals surface area contributed by atoms with Gasteiger partial charge in [0.1, 0.15) is 6.33 Å². The Hall–Kier alpha value is -3.17. The average molecular weight is 365 g/mol. The van der Waals surface area contributed by atoms with Crippen LogP contribution in [0.25, 0.3) is 11.1 Å². The second-order valence-electron chi connectivity index (χ2n) is 5.15. The van der Waals surface area contributed by atoms with E-state index in [2.05, 4.69) is 24.8 Å². The predicted octanol–water partition coefficient (Wildman–Crippen LogP) is 2.86. The zero-order valence-electron chi connectivity index (χ0n) is 13.6. The number of aromatic nitrogens is 5. The van der Waals surface area contributed by atoms with Crippen molar-refractivity contribution in [2.75, 3.05) is 7.11 Å². The molecule has 0 unspecified atom stereocenters. The Kier molecular flexibility index (Phi) is 5.30. The van der Waals surface area contributed by atoms with Gasteiger partial charge in [-0.2, -0.15) is 13.9 Å². The van der Waals surface area contributed by atoms with Crippen LogP contribution in [-0.2, 0) is 13.2 Å². The van der Waals surface area contributed by atoms with Crippen LogP contribution in [0.3, 0.4) is 0 Å². The van der Waals surface area contributed by atoms with Crippen molar-refractivity contribution in [3.8, 4) is 22.9 Å². The van der Waals surface area contributed by atoms with Gasteiger partial charge >= 0.3 is 6.61 Å². The van der Waals surface area contributed by atoms with Crippen molar-refractivity contribution < 1.29 is 22.6 Å². The van der Waals surface area contributed by atoms with E-state index in [-0.39, 0.29) is 11.7 Å². The van der Waals surface area contributed by atoms with E-state index in [0.29, 0.717) is 23.6 Å². The number of hydrogen-bond donors (Lipinski definition) is 0. The first-order chi connectivity index (χ1) is 12.6. The fourth-order valence-electron chi connectivity index (χ4n) is 2.34. The molecule has 26 heavy (non-hydrogen) atoms. The molecule has 3 heterocycles. The van der Waals surface area contributed by atoms with E-state index in [1.54, 1.807) is 18.3 Å². The van der Waals surface area contributed by atoms with Gasteiger partial charge in [0.2, 0.25) is 11.8 Å². The molecular formula is C16H14F3N5O2. The fraction of sp³-hybridized carbons (Fsp3) is 0.250. The van der Waals surface area contributed by atoms with Gasteiger partial charge in [0.05, 0.1) is 13.7 Å². The molecule has 0 amide bonds. The molecule has 3 aromatic rings. The monoisotopic (exact) mass is 365 g/mol. The molecule has 0 radical (unpaired) electrons. The van der Waals surface area contributed by atoms with Crippen molar-refractivity contribution in [1.82, 2.24) is 24.7 Å². The van der Waals surface area contributed by atoms with Gasteiger partial charge in [-0.05, 0) is 23.3 Å². The van der Waals surface area contributed by atoms with E-state index in [1.807, 2.05) is 0 Å². The highest BCUT2D eigenvalue weighted by molar-refractivity contribution is 5.69. The predicted molar refractivity (Wildman–Crippen MR) is 84.6 cm³/mol. The number of ether oxygens (including phenoxy) is 2. The highest BCUT2D eigenvalue weighted by Crippen LogP contribution is 2.30. The quantitative estimate of drug-likeness (QED) is 0.641. The van der Waals surface area contributed by atoms with Crippen molar-refractivity contribution in [1.29, 1.82) is 0 Å². The molecular weight excluding hydrogens is 351 g/mol. The second-order valence-corrected chi connectivity index (χ2v) is 5.15. The molecule has 0 aromatic carbocycles. The summed E-state index contributed by atoms with van der Waals surface area (Å²) in [5.41, 5.74) is 1.85. The molecule has 0 aliphatic heterocycles. The van der Waals surface area contributed by atoms with Gasteiger partial charge in [0.15, 0.2) is 12.5 Å². The minimum atomic E-state index is -2.97. The Morgan fingerprint density at radius 1 is 1.19 bits per heavy atom. The Morgan fingerprint density at radius 3 is 2.73 bits per heavy atom. The van der Waals surface area contributed by atoms with Gasteiger partial charge in [0, 0.05) is 24.0 Å².